The molecule has 1 aliphatic rings. The molecular formula is C28H28FN3O2. The minimum absolute atomic E-state index is 0.0878. The molecule has 0 spiro atoms. The highest BCUT2D eigenvalue weighted by Gasteiger charge is 2.35. The number of aromatic nitrogens is 2. The van der Waals surface area contributed by atoms with Crippen molar-refractivity contribution in [2.24, 2.45) is 0 Å². The molecule has 0 saturated carbocycles. The van der Waals surface area contributed by atoms with Gasteiger partial charge in [-0.1, -0.05) is 50.2 Å². The van der Waals surface area contributed by atoms with Crippen LogP contribution in [0.3, 0.4) is 0 Å². The SMILES string of the molecule is CC(C)c1ccc(OCCn2c(C3CC(=O)N(c4ccccc4F)C3)nc3ccccc32)cc1. The molecule has 1 saturated heterocycles. The van der Waals surface area contributed by atoms with Crippen molar-refractivity contribution in [3.8, 4) is 5.75 Å². The number of halogens is 1. The van der Waals surface area contributed by atoms with E-state index in [1.807, 2.05) is 36.4 Å². The second kappa shape index (κ2) is 9.29. The number of hydrogen-bond acceptors (Lipinski definition) is 3. The van der Waals surface area contributed by atoms with E-state index >= 15 is 0 Å². The molecule has 0 radical (unpaired) electrons. The number of fused-ring (bicyclic) bond motifs is 1. The number of anilines is 1. The van der Waals surface area contributed by atoms with E-state index in [0.717, 1.165) is 22.6 Å². The van der Waals surface area contributed by atoms with Gasteiger partial charge < -0.3 is 14.2 Å². The summed E-state index contributed by atoms with van der Waals surface area (Å²) in [6, 6.07) is 22.6. The maximum Gasteiger partial charge on any atom is 0.227 e. The number of ether oxygens (including phenoxy) is 1. The van der Waals surface area contributed by atoms with Gasteiger partial charge in [0.1, 0.15) is 24.0 Å². The molecule has 6 heteroatoms. The van der Waals surface area contributed by atoms with Crippen LogP contribution in [0, 0.1) is 5.82 Å². The normalized spacial score (nSPS) is 16.1. The zero-order chi connectivity index (χ0) is 23.7. The monoisotopic (exact) mass is 457 g/mol. The highest BCUT2D eigenvalue weighted by atomic mass is 19.1. The Bertz CT molecular complexity index is 1310. The number of imidazole rings is 1. The average Bonchev–Trinajstić information content (AvgIpc) is 3.40. The van der Waals surface area contributed by atoms with Crippen molar-refractivity contribution in [1.29, 1.82) is 0 Å². The molecule has 0 bridgehead atoms. The van der Waals surface area contributed by atoms with Crippen LogP contribution in [0.4, 0.5) is 10.1 Å². The van der Waals surface area contributed by atoms with Crippen LogP contribution in [0.1, 0.15) is 43.5 Å². The van der Waals surface area contributed by atoms with Crippen LogP contribution >= 0.6 is 0 Å². The third kappa shape index (κ3) is 4.28. The van der Waals surface area contributed by atoms with Crippen molar-refractivity contribution in [1.82, 2.24) is 9.55 Å². The Kier molecular flexibility index (Phi) is 6.05. The fourth-order valence-corrected chi connectivity index (χ4v) is 4.63. The highest BCUT2D eigenvalue weighted by Crippen LogP contribution is 2.34. The second-order valence-electron chi connectivity index (χ2n) is 9.04. The lowest BCUT2D eigenvalue weighted by Crippen LogP contribution is -2.25. The van der Waals surface area contributed by atoms with Gasteiger partial charge in [0.15, 0.2) is 0 Å². The Hall–Kier alpha value is -3.67. The number of benzene rings is 3. The van der Waals surface area contributed by atoms with E-state index < -0.39 is 0 Å². The largest absolute Gasteiger partial charge is 0.492 e. The van der Waals surface area contributed by atoms with E-state index in [0.29, 0.717) is 37.7 Å². The molecule has 1 fully saturated rings. The molecule has 3 aromatic carbocycles. The first-order valence-electron chi connectivity index (χ1n) is 11.7. The van der Waals surface area contributed by atoms with Crippen LogP contribution in [0.15, 0.2) is 72.8 Å². The maximum atomic E-state index is 14.4. The predicted octanol–water partition coefficient (Wildman–Crippen LogP) is 5.90. The molecular weight excluding hydrogens is 429 g/mol. The molecule has 1 aliphatic heterocycles. The summed E-state index contributed by atoms with van der Waals surface area (Å²) in [5.41, 5.74) is 3.50. The summed E-state index contributed by atoms with van der Waals surface area (Å²) >= 11 is 0. The van der Waals surface area contributed by atoms with Gasteiger partial charge in [-0.05, 0) is 47.9 Å². The van der Waals surface area contributed by atoms with Crippen LogP contribution in [-0.2, 0) is 11.3 Å². The standard InChI is InChI=1S/C28H28FN3O2/c1-19(2)20-11-13-22(14-12-20)34-16-15-31-26-10-6-4-8-24(26)30-28(31)21-17-27(33)32(18-21)25-9-5-3-7-23(25)29/h3-14,19,21H,15-18H2,1-2H3. The van der Waals surface area contributed by atoms with Crippen molar-refractivity contribution in [3.05, 3.63) is 90.0 Å². The van der Waals surface area contributed by atoms with Gasteiger partial charge in [0, 0.05) is 18.9 Å². The third-order valence-electron chi connectivity index (χ3n) is 6.45. The van der Waals surface area contributed by atoms with Crippen molar-refractivity contribution in [2.75, 3.05) is 18.1 Å². The van der Waals surface area contributed by atoms with Gasteiger partial charge in [-0.15, -0.1) is 0 Å². The van der Waals surface area contributed by atoms with Crippen LogP contribution in [0.2, 0.25) is 0 Å². The van der Waals surface area contributed by atoms with E-state index in [1.165, 1.54) is 16.5 Å². The Labute approximate surface area is 198 Å². The van der Waals surface area contributed by atoms with Gasteiger partial charge in [-0.3, -0.25) is 4.79 Å². The molecule has 5 nitrogen and oxygen atoms in total. The molecule has 0 aliphatic carbocycles. The van der Waals surface area contributed by atoms with Gasteiger partial charge in [0.2, 0.25) is 5.91 Å². The summed E-state index contributed by atoms with van der Waals surface area (Å²) in [6.45, 7) is 5.82. The predicted molar refractivity (Wildman–Crippen MR) is 132 cm³/mol. The summed E-state index contributed by atoms with van der Waals surface area (Å²) in [5.74, 6) is 1.55. The summed E-state index contributed by atoms with van der Waals surface area (Å²) in [4.78, 5) is 19.2. The number of para-hydroxylation sites is 3. The molecule has 0 N–H and O–H groups in total. The number of rotatable bonds is 7. The van der Waals surface area contributed by atoms with Crippen LogP contribution in [0.5, 0.6) is 5.75 Å². The Morgan fingerprint density at radius 3 is 2.53 bits per heavy atom. The zero-order valence-electron chi connectivity index (χ0n) is 19.4. The second-order valence-corrected chi connectivity index (χ2v) is 9.04. The van der Waals surface area contributed by atoms with Crippen molar-refractivity contribution in [2.45, 2.75) is 38.6 Å². The minimum atomic E-state index is -0.387. The molecule has 1 unspecified atom stereocenters. The highest BCUT2D eigenvalue weighted by molar-refractivity contribution is 5.96. The van der Waals surface area contributed by atoms with E-state index in [4.69, 9.17) is 9.72 Å². The smallest absolute Gasteiger partial charge is 0.227 e. The van der Waals surface area contributed by atoms with Crippen molar-refractivity contribution >= 4 is 22.6 Å². The number of amides is 1. The van der Waals surface area contributed by atoms with Crippen LogP contribution < -0.4 is 9.64 Å². The fraction of sp³-hybridized carbons (Fsp3) is 0.286. The summed E-state index contributed by atoms with van der Waals surface area (Å²) < 4.78 is 22.5. The number of carbonyl (C=O) groups is 1. The quantitative estimate of drug-likeness (QED) is 0.347. The zero-order valence-corrected chi connectivity index (χ0v) is 19.4. The Morgan fingerprint density at radius 2 is 1.76 bits per heavy atom. The lowest BCUT2D eigenvalue weighted by atomic mass is 10.0. The Morgan fingerprint density at radius 1 is 1.03 bits per heavy atom. The summed E-state index contributed by atoms with van der Waals surface area (Å²) in [7, 11) is 0. The first kappa shape index (κ1) is 22.1. The van der Waals surface area contributed by atoms with Gasteiger partial charge in [-0.2, -0.15) is 0 Å². The number of nitrogens with zero attached hydrogens (tertiary/aromatic N) is 3. The van der Waals surface area contributed by atoms with Crippen molar-refractivity contribution < 1.29 is 13.9 Å². The summed E-state index contributed by atoms with van der Waals surface area (Å²) in [5, 5.41) is 0. The molecule has 1 aromatic heterocycles. The van der Waals surface area contributed by atoms with E-state index in [-0.39, 0.29) is 17.6 Å². The van der Waals surface area contributed by atoms with Gasteiger partial charge in [0.05, 0.1) is 23.3 Å². The molecule has 174 valence electrons. The molecule has 34 heavy (non-hydrogen) atoms. The minimum Gasteiger partial charge on any atom is -0.492 e. The molecule has 2 heterocycles. The Balaban J connectivity index is 1.37. The molecule has 1 amide bonds. The fourth-order valence-electron chi connectivity index (χ4n) is 4.63. The maximum absolute atomic E-state index is 14.4. The molecule has 5 rings (SSSR count). The average molecular weight is 458 g/mol. The lowest BCUT2D eigenvalue weighted by Gasteiger charge is -2.18. The molecule has 4 aromatic rings. The topological polar surface area (TPSA) is 47.4 Å². The van der Waals surface area contributed by atoms with E-state index in [9.17, 15) is 9.18 Å². The summed E-state index contributed by atoms with van der Waals surface area (Å²) in [6.07, 6.45) is 0.301. The van der Waals surface area contributed by atoms with Crippen LogP contribution in [-0.4, -0.2) is 28.6 Å². The third-order valence-corrected chi connectivity index (χ3v) is 6.45. The van der Waals surface area contributed by atoms with Crippen molar-refractivity contribution in [3.63, 3.8) is 0 Å². The van der Waals surface area contributed by atoms with E-state index in [1.54, 1.807) is 18.2 Å². The first-order chi connectivity index (χ1) is 16.5. The molecule has 1 atom stereocenters. The van der Waals surface area contributed by atoms with Crippen LogP contribution in [0.25, 0.3) is 11.0 Å². The van der Waals surface area contributed by atoms with E-state index in [2.05, 4.69) is 30.5 Å². The van der Waals surface area contributed by atoms with Gasteiger partial charge in [0.25, 0.3) is 0 Å². The van der Waals surface area contributed by atoms with Gasteiger partial charge in [-0.25, -0.2) is 9.37 Å². The first-order valence-corrected chi connectivity index (χ1v) is 11.7. The lowest BCUT2D eigenvalue weighted by molar-refractivity contribution is -0.117. The number of hydrogen-bond donors (Lipinski definition) is 0. The van der Waals surface area contributed by atoms with Gasteiger partial charge >= 0.3 is 0 Å². The number of carbonyl (C=O) groups excluding carboxylic acids is 1.